The molecule has 0 spiro atoms. The molecule has 0 bridgehead atoms. The maximum absolute atomic E-state index is 12.5. The van der Waals surface area contributed by atoms with Gasteiger partial charge in [0.1, 0.15) is 5.75 Å². The molecule has 170 valence electrons. The van der Waals surface area contributed by atoms with Gasteiger partial charge < -0.3 is 15.2 Å². The van der Waals surface area contributed by atoms with Gasteiger partial charge in [-0.25, -0.2) is 0 Å². The zero-order valence-corrected chi connectivity index (χ0v) is 18.3. The first-order valence-electron chi connectivity index (χ1n) is 11.3. The summed E-state index contributed by atoms with van der Waals surface area (Å²) in [5, 5.41) is 14.1. The van der Waals surface area contributed by atoms with Crippen LogP contribution in [-0.4, -0.2) is 35.4 Å². The molecule has 2 N–H and O–H groups in total. The van der Waals surface area contributed by atoms with Crippen molar-refractivity contribution in [3.63, 3.8) is 0 Å². The third-order valence-electron chi connectivity index (χ3n) is 6.09. The van der Waals surface area contributed by atoms with Gasteiger partial charge in [-0.05, 0) is 72.9 Å². The predicted octanol–water partition coefficient (Wildman–Crippen LogP) is 4.86. The zero-order valence-electron chi connectivity index (χ0n) is 18.3. The smallest absolute Gasteiger partial charge is 0.306 e. The molecule has 0 unspecified atom stereocenters. The van der Waals surface area contributed by atoms with E-state index in [1.165, 1.54) is 0 Å². The Morgan fingerprint density at radius 3 is 2.36 bits per heavy atom. The number of carbonyl (C=O) groups is 3. The van der Waals surface area contributed by atoms with Crippen LogP contribution in [0, 0.1) is 5.92 Å². The summed E-state index contributed by atoms with van der Waals surface area (Å²) >= 11 is 0. The first kappa shape index (κ1) is 22.5. The Hall–Kier alpha value is -3.67. The Labute approximate surface area is 192 Å². The molecule has 6 nitrogen and oxygen atoms in total. The summed E-state index contributed by atoms with van der Waals surface area (Å²) in [6, 6.07) is 20.5. The van der Waals surface area contributed by atoms with Crippen LogP contribution >= 0.6 is 0 Å². The van der Waals surface area contributed by atoms with Gasteiger partial charge in [-0.2, -0.15) is 0 Å². The summed E-state index contributed by atoms with van der Waals surface area (Å²) in [6.07, 6.45) is 2.66. The largest absolute Gasteiger partial charge is 0.490 e. The van der Waals surface area contributed by atoms with E-state index in [1.54, 1.807) is 30.3 Å². The lowest BCUT2D eigenvalue weighted by molar-refractivity contribution is -0.141. The van der Waals surface area contributed by atoms with E-state index in [9.17, 15) is 14.4 Å². The first-order valence-corrected chi connectivity index (χ1v) is 11.3. The van der Waals surface area contributed by atoms with Crippen LogP contribution in [0.25, 0.3) is 10.8 Å². The van der Waals surface area contributed by atoms with E-state index in [0.29, 0.717) is 49.1 Å². The lowest BCUT2D eigenvalue weighted by Gasteiger charge is -2.13. The van der Waals surface area contributed by atoms with E-state index in [0.717, 1.165) is 17.2 Å². The number of ketones is 1. The van der Waals surface area contributed by atoms with Crippen molar-refractivity contribution >= 4 is 28.4 Å². The minimum absolute atomic E-state index is 0.00770. The van der Waals surface area contributed by atoms with E-state index in [2.05, 4.69) is 5.32 Å². The molecule has 33 heavy (non-hydrogen) atoms. The molecule has 0 saturated heterocycles. The summed E-state index contributed by atoms with van der Waals surface area (Å²) in [4.78, 5) is 35.9. The summed E-state index contributed by atoms with van der Waals surface area (Å²) in [6.45, 7) is 0.422. The second kappa shape index (κ2) is 10.3. The number of ether oxygens (including phenoxy) is 1. The molecule has 6 heteroatoms. The van der Waals surface area contributed by atoms with E-state index in [-0.39, 0.29) is 23.7 Å². The number of carboxylic acids is 1. The molecule has 3 aromatic carbocycles. The van der Waals surface area contributed by atoms with Crippen molar-refractivity contribution in [2.75, 3.05) is 6.54 Å². The quantitative estimate of drug-likeness (QED) is 0.362. The van der Waals surface area contributed by atoms with Gasteiger partial charge in [0, 0.05) is 24.1 Å². The summed E-state index contributed by atoms with van der Waals surface area (Å²) < 4.78 is 5.86. The summed E-state index contributed by atoms with van der Waals surface area (Å²) in [5.74, 6) is -0.599. The highest BCUT2D eigenvalue weighted by Crippen LogP contribution is 2.29. The van der Waals surface area contributed by atoms with Crippen molar-refractivity contribution in [2.45, 2.75) is 38.2 Å². The minimum Gasteiger partial charge on any atom is -0.490 e. The Morgan fingerprint density at radius 2 is 1.64 bits per heavy atom. The fourth-order valence-corrected chi connectivity index (χ4v) is 4.21. The van der Waals surface area contributed by atoms with Gasteiger partial charge in [0.05, 0.1) is 12.0 Å². The number of nitrogens with one attached hydrogen (secondary N) is 1. The number of rotatable bonds is 9. The fourth-order valence-electron chi connectivity index (χ4n) is 4.21. The topological polar surface area (TPSA) is 92.7 Å². The average molecular weight is 446 g/mol. The third kappa shape index (κ3) is 5.77. The molecule has 1 aliphatic carbocycles. The molecule has 0 aromatic heterocycles. The van der Waals surface area contributed by atoms with E-state index >= 15 is 0 Å². The number of aliphatic carboxylic acids is 1. The number of Topliss-reactive ketones (excluding diaryl/α,β-unsaturated/α-hetero) is 1. The second-order valence-electron chi connectivity index (χ2n) is 8.46. The highest BCUT2D eigenvalue weighted by molar-refractivity contribution is 5.99. The molecule has 1 fully saturated rings. The maximum atomic E-state index is 12.5. The highest BCUT2D eigenvalue weighted by Gasteiger charge is 2.30. The van der Waals surface area contributed by atoms with Crippen LogP contribution in [0.1, 0.15) is 52.8 Å². The van der Waals surface area contributed by atoms with Crippen molar-refractivity contribution in [2.24, 2.45) is 5.92 Å². The number of carboxylic acid groups (broad SMARTS) is 1. The number of amides is 1. The molecule has 2 atom stereocenters. The Kier molecular flexibility index (Phi) is 7.03. The molecular formula is C27H27NO5. The minimum atomic E-state index is -0.768. The number of benzene rings is 3. The maximum Gasteiger partial charge on any atom is 0.306 e. The van der Waals surface area contributed by atoms with Gasteiger partial charge in [-0.3, -0.25) is 14.4 Å². The molecule has 0 radical (unpaired) electrons. The van der Waals surface area contributed by atoms with Gasteiger partial charge in [-0.1, -0.05) is 30.3 Å². The van der Waals surface area contributed by atoms with Crippen molar-refractivity contribution < 1.29 is 24.2 Å². The lowest BCUT2D eigenvalue weighted by Crippen LogP contribution is -2.24. The van der Waals surface area contributed by atoms with Crippen LogP contribution in [-0.2, 0) is 4.79 Å². The number of carbonyl (C=O) groups excluding carboxylic acids is 2. The predicted molar refractivity (Wildman–Crippen MR) is 126 cm³/mol. The van der Waals surface area contributed by atoms with Crippen LogP contribution < -0.4 is 10.1 Å². The Balaban J connectivity index is 1.21. The fraction of sp³-hybridized carbons (Fsp3) is 0.296. The van der Waals surface area contributed by atoms with Crippen molar-refractivity contribution in [3.8, 4) is 5.75 Å². The van der Waals surface area contributed by atoms with Crippen LogP contribution in [0.3, 0.4) is 0 Å². The Morgan fingerprint density at radius 1 is 0.909 bits per heavy atom. The van der Waals surface area contributed by atoms with Gasteiger partial charge >= 0.3 is 5.97 Å². The highest BCUT2D eigenvalue weighted by atomic mass is 16.5. The van der Waals surface area contributed by atoms with Crippen molar-refractivity contribution in [1.29, 1.82) is 0 Å². The molecule has 4 rings (SSSR count). The number of hydrogen-bond acceptors (Lipinski definition) is 4. The monoisotopic (exact) mass is 445 g/mol. The normalized spacial score (nSPS) is 17.6. The van der Waals surface area contributed by atoms with Gasteiger partial charge in [0.2, 0.25) is 0 Å². The standard InChI is InChI=1S/C27H27NO5/c29-25(19-9-12-23(13-10-19)33-24-14-11-22(17-24)27(31)32)6-3-15-28-26(30)21-8-7-18-4-1-2-5-20(18)16-21/h1-2,4-5,7-10,12-13,16,22,24H,3,6,11,14-15,17H2,(H,28,30)(H,31,32)/t22-,24-/m1/s1. The van der Waals surface area contributed by atoms with Gasteiger partial charge in [0.25, 0.3) is 5.91 Å². The Bertz CT molecular complexity index is 1150. The molecule has 3 aromatic rings. The van der Waals surface area contributed by atoms with Gasteiger partial charge in [-0.15, -0.1) is 0 Å². The van der Waals surface area contributed by atoms with E-state index < -0.39 is 5.97 Å². The average Bonchev–Trinajstić information content (AvgIpc) is 3.30. The summed E-state index contributed by atoms with van der Waals surface area (Å²) in [7, 11) is 0. The molecular weight excluding hydrogens is 418 g/mol. The lowest BCUT2D eigenvalue weighted by atomic mass is 10.1. The molecule has 1 saturated carbocycles. The zero-order chi connectivity index (χ0) is 23.2. The molecule has 0 heterocycles. The summed E-state index contributed by atoms with van der Waals surface area (Å²) in [5.41, 5.74) is 1.20. The van der Waals surface area contributed by atoms with Crippen molar-refractivity contribution in [3.05, 3.63) is 77.9 Å². The first-order chi connectivity index (χ1) is 16.0. The second-order valence-corrected chi connectivity index (χ2v) is 8.46. The van der Waals surface area contributed by atoms with Crippen molar-refractivity contribution in [1.82, 2.24) is 5.32 Å². The molecule has 1 aliphatic rings. The SMILES string of the molecule is O=C(CCCNC(=O)c1ccc2ccccc2c1)c1ccc(O[C@@H]2CC[C@@H](C(=O)O)C2)cc1. The van der Waals surface area contributed by atoms with Gasteiger partial charge in [0.15, 0.2) is 5.78 Å². The number of fused-ring (bicyclic) bond motifs is 1. The van der Waals surface area contributed by atoms with E-state index in [4.69, 9.17) is 9.84 Å². The molecule has 1 amide bonds. The van der Waals surface area contributed by atoms with Crippen LogP contribution in [0.5, 0.6) is 5.75 Å². The van der Waals surface area contributed by atoms with Crippen LogP contribution in [0.15, 0.2) is 66.7 Å². The van der Waals surface area contributed by atoms with Crippen LogP contribution in [0.4, 0.5) is 0 Å². The number of hydrogen-bond donors (Lipinski definition) is 2. The third-order valence-corrected chi connectivity index (χ3v) is 6.09. The molecule has 0 aliphatic heterocycles. The van der Waals surface area contributed by atoms with Crippen LogP contribution in [0.2, 0.25) is 0 Å². The van der Waals surface area contributed by atoms with E-state index in [1.807, 2.05) is 36.4 Å².